The van der Waals surface area contributed by atoms with Crippen molar-refractivity contribution in [3.05, 3.63) is 34.1 Å². The van der Waals surface area contributed by atoms with E-state index < -0.39 is 32.8 Å². The fourth-order valence-electron chi connectivity index (χ4n) is 0.914. The Labute approximate surface area is 107 Å². The molecule has 0 aliphatic heterocycles. The van der Waals surface area contributed by atoms with Gasteiger partial charge in [0.05, 0.1) is 10.0 Å². The van der Waals surface area contributed by atoms with Gasteiger partial charge in [-0.3, -0.25) is 4.79 Å². The topological polar surface area (TPSA) is 63.2 Å². The molecule has 0 saturated carbocycles. The van der Waals surface area contributed by atoms with Crippen molar-refractivity contribution in [3.8, 4) is 0 Å². The molecule has 0 atom stereocenters. The summed E-state index contributed by atoms with van der Waals surface area (Å²) in [4.78, 5) is 11.2. The number of hydrogen-bond donors (Lipinski definition) is 1. The van der Waals surface area contributed by atoms with Gasteiger partial charge in [-0.2, -0.15) is 21.6 Å². The van der Waals surface area contributed by atoms with Crippen LogP contribution in [0.15, 0.2) is 22.7 Å². The summed E-state index contributed by atoms with van der Waals surface area (Å²) in [6.45, 7) is 0. The lowest BCUT2D eigenvalue weighted by atomic mass is 10.2. The van der Waals surface area contributed by atoms with Crippen molar-refractivity contribution < 1.29 is 30.8 Å². The van der Waals surface area contributed by atoms with E-state index >= 15 is 0 Å². The maximum atomic E-state index is 13.3. The Bertz CT molecular complexity index is 584. The quantitative estimate of drug-likeness (QED) is 0.832. The average molecular weight is 350 g/mol. The molecule has 4 nitrogen and oxygen atoms in total. The van der Waals surface area contributed by atoms with Gasteiger partial charge in [-0.1, -0.05) is 6.07 Å². The summed E-state index contributed by atoms with van der Waals surface area (Å²) in [6.07, 6.45) is 0. The van der Waals surface area contributed by atoms with Gasteiger partial charge in [-0.25, -0.2) is 9.11 Å². The summed E-state index contributed by atoms with van der Waals surface area (Å²) in [5, 5.41) is 0. The third kappa shape index (κ3) is 2.99. The average Bonchev–Trinajstić information content (AvgIpc) is 2.19. The lowest BCUT2D eigenvalue weighted by Crippen LogP contribution is -2.40. The fourth-order valence-corrected chi connectivity index (χ4v) is 1.75. The first-order chi connectivity index (χ1) is 8.06. The highest BCUT2D eigenvalue weighted by atomic mass is 79.9. The highest BCUT2D eigenvalue weighted by Gasteiger charge is 2.47. The molecule has 0 aliphatic carbocycles. The maximum Gasteiger partial charge on any atom is 0.516 e. The molecule has 0 heterocycles. The smallest absolute Gasteiger partial charge is 0.268 e. The molecule has 1 aromatic rings. The van der Waals surface area contributed by atoms with Crippen LogP contribution in [0.5, 0.6) is 0 Å². The molecular formula is C8H4BrF4NO3S. The van der Waals surface area contributed by atoms with Crippen LogP contribution in [-0.4, -0.2) is 19.8 Å². The van der Waals surface area contributed by atoms with E-state index in [1.54, 1.807) is 0 Å². The van der Waals surface area contributed by atoms with E-state index in [0.717, 1.165) is 10.8 Å². The molecule has 10 heteroatoms. The second-order valence-corrected chi connectivity index (χ2v) is 5.51. The molecular weight excluding hydrogens is 346 g/mol. The normalized spacial score (nSPS) is 12.3. The number of alkyl halides is 3. The van der Waals surface area contributed by atoms with Gasteiger partial charge in [0, 0.05) is 0 Å². The molecule has 0 aliphatic rings. The third-order valence-corrected chi connectivity index (χ3v) is 3.40. The van der Waals surface area contributed by atoms with Crippen LogP contribution in [0.3, 0.4) is 0 Å². The van der Waals surface area contributed by atoms with E-state index in [2.05, 4.69) is 15.9 Å². The summed E-state index contributed by atoms with van der Waals surface area (Å²) in [5.74, 6) is -2.86. The predicted octanol–water partition coefficient (Wildman–Crippen LogP) is 2.17. The number of sulfonamides is 1. The Morgan fingerprint density at radius 1 is 1.28 bits per heavy atom. The third-order valence-electron chi connectivity index (χ3n) is 1.73. The van der Waals surface area contributed by atoms with E-state index in [1.165, 1.54) is 12.1 Å². The standard InChI is InChI=1S/C8H4BrF4NO3S/c9-5-3-1-2-4(6(5)10)7(15)14-18(16,17)8(11,12)13/h1-3H,(H,14,15). The van der Waals surface area contributed by atoms with Crippen LogP contribution >= 0.6 is 15.9 Å². The Morgan fingerprint density at radius 2 is 1.83 bits per heavy atom. The van der Waals surface area contributed by atoms with Crippen LogP contribution in [0.1, 0.15) is 10.4 Å². The zero-order valence-corrected chi connectivity index (χ0v) is 10.7. The van der Waals surface area contributed by atoms with E-state index in [9.17, 15) is 30.8 Å². The van der Waals surface area contributed by atoms with Crippen molar-refractivity contribution in [2.75, 3.05) is 0 Å². The van der Waals surface area contributed by atoms with Crippen LogP contribution in [0.2, 0.25) is 0 Å². The Morgan fingerprint density at radius 3 is 2.33 bits per heavy atom. The zero-order chi connectivity index (χ0) is 14.1. The van der Waals surface area contributed by atoms with Gasteiger partial charge < -0.3 is 0 Å². The molecule has 1 amide bonds. The molecule has 0 radical (unpaired) electrons. The van der Waals surface area contributed by atoms with Gasteiger partial charge in [0.25, 0.3) is 5.91 Å². The molecule has 0 fully saturated rings. The second-order valence-electron chi connectivity index (χ2n) is 2.98. The van der Waals surface area contributed by atoms with Gasteiger partial charge in [-0.15, -0.1) is 0 Å². The van der Waals surface area contributed by atoms with Gasteiger partial charge >= 0.3 is 15.5 Å². The highest BCUT2D eigenvalue weighted by Crippen LogP contribution is 2.23. The summed E-state index contributed by atoms with van der Waals surface area (Å²) >= 11 is 2.71. The molecule has 1 N–H and O–H groups in total. The highest BCUT2D eigenvalue weighted by molar-refractivity contribution is 9.10. The van der Waals surface area contributed by atoms with Gasteiger partial charge in [-0.05, 0) is 28.1 Å². The number of rotatable bonds is 2. The number of nitrogens with one attached hydrogen (secondary N) is 1. The number of amides is 1. The Kier molecular flexibility index (Phi) is 4.01. The minimum Gasteiger partial charge on any atom is -0.268 e. The number of carbonyl (C=O) groups is 1. The van der Waals surface area contributed by atoms with Crippen molar-refractivity contribution in [2.45, 2.75) is 5.51 Å². The van der Waals surface area contributed by atoms with E-state index in [-0.39, 0.29) is 4.47 Å². The summed E-state index contributed by atoms with van der Waals surface area (Å²) in [6, 6.07) is 3.22. The lowest BCUT2D eigenvalue weighted by Gasteiger charge is -2.10. The molecule has 0 bridgehead atoms. The molecule has 100 valence electrons. The van der Waals surface area contributed by atoms with Crippen molar-refractivity contribution in [3.63, 3.8) is 0 Å². The lowest BCUT2D eigenvalue weighted by molar-refractivity contribution is -0.0446. The Balaban J connectivity index is 3.08. The molecule has 0 unspecified atom stereocenters. The monoisotopic (exact) mass is 349 g/mol. The number of halogens is 5. The molecule has 1 rings (SSSR count). The van der Waals surface area contributed by atoms with E-state index in [0.29, 0.717) is 0 Å². The molecule has 0 aromatic heterocycles. The first-order valence-electron chi connectivity index (χ1n) is 4.13. The summed E-state index contributed by atoms with van der Waals surface area (Å²) in [7, 11) is -5.86. The minimum absolute atomic E-state index is 0.181. The first-order valence-corrected chi connectivity index (χ1v) is 6.41. The van der Waals surface area contributed by atoms with Crippen LogP contribution in [-0.2, 0) is 10.0 Å². The second kappa shape index (κ2) is 4.84. The first kappa shape index (κ1) is 14.9. The SMILES string of the molecule is O=C(NS(=O)(=O)C(F)(F)F)c1cccc(Br)c1F. The van der Waals surface area contributed by atoms with Crippen molar-refractivity contribution >= 4 is 31.9 Å². The zero-order valence-electron chi connectivity index (χ0n) is 8.25. The van der Waals surface area contributed by atoms with Crippen LogP contribution in [0.4, 0.5) is 17.6 Å². The van der Waals surface area contributed by atoms with E-state index in [4.69, 9.17) is 0 Å². The minimum atomic E-state index is -5.86. The molecule has 1 aromatic carbocycles. The Hall–Kier alpha value is -1.16. The van der Waals surface area contributed by atoms with Gasteiger partial charge in [0.2, 0.25) is 0 Å². The summed E-state index contributed by atoms with van der Waals surface area (Å²) < 4.78 is 71.1. The van der Waals surface area contributed by atoms with Crippen molar-refractivity contribution in [1.82, 2.24) is 4.72 Å². The van der Waals surface area contributed by atoms with Crippen LogP contribution in [0, 0.1) is 5.82 Å². The maximum absolute atomic E-state index is 13.3. The van der Waals surface area contributed by atoms with Crippen LogP contribution < -0.4 is 4.72 Å². The predicted molar refractivity (Wildman–Crippen MR) is 56.5 cm³/mol. The fraction of sp³-hybridized carbons (Fsp3) is 0.125. The molecule has 0 saturated heterocycles. The molecule has 0 spiro atoms. The van der Waals surface area contributed by atoms with Crippen LogP contribution in [0.25, 0.3) is 0 Å². The number of benzene rings is 1. The number of hydrogen-bond acceptors (Lipinski definition) is 3. The van der Waals surface area contributed by atoms with Crippen molar-refractivity contribution in [2.24, 2.45) is 0 Å². The summed E-state index contributed by atoms with van der Waals surface area (Å²) in [5.41, 5.74) is -6.47. The van der Waals surface area contributed by atoms with Gasteiger partial charge in [0.1, 0.15) is 5.82 Å². The largest absolute Gasteiger partial charge is 0.516 e. The number of carbonyl (C=O) groups excluding carboxylic acids is 1. The van der Waals surface area contributed by atoms with Gasteiger partial charge in [0.15, 0.2) is 0 Å². The van der Waals surface area contributed by atoms with Crippen molar-refractivity contribution in [1.29, 1.82) is 0 Å². The molecule has 18 heavy (non-hydrogen) atoms. The van der Waals surface area contributed by atoms with E-state index in [1.807, 2.05) is 0 Å².